The average molecular weight is 141 g/mol. The Labute approximate surface area is 41.1 Å². The molecule has 1 nitrogen and oxygen atoms in total. The van der Waals surface area contributed by atoms with Crippen LogP contribution < -0.4 is 0 Å². The molecule has 0 fully saturated rings. The van der Waals surface area contributed by atoms with Gasteiger partial charge in [-0.15, -0.1) is 0 Å². The van der Waals surface area contributed by atoms with Gasteiger partial charge in [0.2, 0.25) is 0 Å². The maximum absolute atomic E-state index is 7.57. The van der Waals surface area contributed by atoms with E-state index in [1.54, 1.807) is 6.92 Å². The van der Waals surface area contributed by atoms with Crippen molar-refractivity contribution in [3.63, 3.8) is 0 Å². The zero-order valence-corrected chi connectivity index (χ0v) is 5.12. The molecule has 0 aliphatic heterocycles. The van der Waals surface area contributed by atoms with Crippen molar-refractivity contribution in [3.8, 4) is 0 Å². The molecule has 0 radical (unpaired) electrons. The number of alkyl halides is 1. The van der Waals surface area contributed by atoms with E-state index in [2.05, 4.69) is 15.9 Å². The van der Waals surface area contributed by atoms with E-state index in [4.69, 9.17) is 5.11 Å². The largest absolute Gasteiger partial charge is 0.397 e. The van der Waals surface area contributed by atoms with Crippen LogP contribution in [0.25, 0.3) is 0 Å². The fourth-order valence-corrected chi connectivity index (χ4v) is 0. The molecule has 0 unspecified atom stereocenters. The van der Waals surface area contributed by atoms with Gasteiger partial charge in [-0.3, -0.25) is 0 Å². The standard InChI is InChI=1S/C2H6O.CH3Br/c1-2-3;1-2/h3H,2H2,1H3;1H3. The van der Waals surface area contributed by atoms with Crippen molar-refractivity contribution in [1.82, 2.24) is 0 Å². The van der Waals surface area contributed by atoms with Gasteiger partial charge in [0.05, 0.1) is 0 Å². The topological polar surface area (TPSA) is 20.2 Å². The molecule has 2 heteroatoms. The van der Waals surface area contributed by atoms with Crippen LogP contribution in [-0.4, -0.2) is 17.5 Å². The van der Waals surface area contributed by atoms with E-state index in [9.17, 15) is 0 Å². The summed E-state index contributed by atoms with van der Waals surface area (Å²) in [6.07, 6.45) is 0. The van der Waals surface area contributed by atoms with Gasteiger partial charge in [0.1, 0.15) is 0 Å². The molecule has 0 aromatic rings. The number of halogens is 1. The van der Waals surface area contributed by atoms with Gasteiger partial charge in [0.25, 0.3) is 0 Å². The Morgan fingerprint density at radius 1 is 1.60 bits per heavy atom. The summed E-state index contributed by atoms with van der Waals surface area (Å²) >= 11 is 2.94. The number of aliphatic hydroxyl groups is 1. The van der Waals surface area contributed by atoms with Crippen LogP contribution >= 0.6 is 15.9 Å². The normalized spacial score (nSPS) is 4.80. The van der Waals surface area contributed by atoms with Crippen molar-refractivity contribution in [2.24, 2.45) is 0 Å². The fraction of sp³-hybridized carbons (Fsp3) is 1.00. The first-order valence-electron chi connectivity index (χ1n) is 1.40. The molecule has 0 aliphatic carbocycles. The third-order valence-corrected chi connectivity index (χ3v) is 0. The molecule has 0 amide bonds. The Bertz CT molecular complexity index is 6.85. The molecule has 0 rings (SSSR count). The SMILES string of the molecule is CBr.CCO. The van der Waals surface area contributed by atoms with Crippen LogP contribution in [0.1, 0.15) is 6.92 Å². The van der Waals surface area contributed by atoms with Crippen LogP contribution in [0.4, 0.5) is 0 Å². The third-order valence-electron chi connectivity index (χ3n) is 0. The smallest absolute Gasteiger partial charge is 0.0402 e. The number of hydrogen-bond acceptors (Lipinski definition) is 1. The molecule has 0 heterocycles. The van der Waals surface area contributed by atoms with Gasteiger partial charge in [-0.1, -0.05) is 15.9 Å². The average Bonchev–Trinajstić information content (AvgIpc) is 1.46. The second-order valence-corrected chi connectivity index (χ2v) is 0.316. The molecular weight excluding hydrogens is 132 g/mol. The second kappa shape index (κ2) is 25.3. The molecule has 5 heavy (non-hydrogen) atoms. The summed E-state index contributed by atoms with van der Waals surface area (Å²) in [7, 11) is 0. The van der Waals surface area contributed by atoms with Crippen molar-refractivity contribution in [3.05, 3.63) is 0 Å². The lowest BCUT2D eigenvalue weighted by molar-refractivity contribution is 0.318. The van der Waals surface area contributed by atoms with Gasteiger partial charge in [-0.25, -0.2) is 0 Å². The van der Waals surface area contributed by atoms with E-state index in [-0.39, 0.29) is 6.61 Å². The fourth-order valence-electron chi connectivity index (χ4n) is 0. The highest BCUT2D eigenvalue weighted by Gasteiger charge is 1.34. The van der Waals surface area contributed by atoms with Crippen molar-refractivity contribution in [2.45, 2.75) is 6.92 Å². The van der Waals surface area contributed by atoms with Crippen LogP contribution in [0.5, 0.6) is 0 Å². The number of hydrogen-bond donors (Lipinski definition) is 1. The Morgan fingerprint density at radius 2 is 1.60 bits per heavy atom. The van der Waals surface area contributed by atoms with Crippen molar-refractivity contribution in [1.29, 1.82) is 0 Å². The highest BCUT2D eigenvalue weighted by Crippen LogP contribution is 1.45. The molecular formula is C3H9BrO. The predicted molar refractivity (Wildman–Crippen MR) is 27.6 cm³/mol. The monoisotopic (exact) mass is 140 g/mol. The van der Waals surface area contributed by atoms with Crippen LogP contribution in [-0.2, 0) is 0 Å². The molecule has 0 saturated carbocycles. The second-order valence-electron chi connectivity index (χ2n) is 0.316. The van der Waals surface area contributed by atoms with Gasteiger partial charge in [-0.2, -0.15) is 0 Å². The molecule has 0 saturated heterocycles. The van der Waals surface area contributed by atoms with Crippen LogP contribution in [0.2, 0.25) is 0 Å². The Kier molecular flexibility index (Phi) is 45.9. The highest BCUT2D eigenvalue weighted by atomic mass is 79.9. The summed E-state index contributed by atoms with van der Waals surface area (Å²) in [6, 6.07) is 0. The van der Waals surface area contributed by atoms with Gasteiger partial charge in [-0.05, 0) is 12.8 Å². The maximum atomic E-state index is 7.57. The molecule has 0 aromatic heterocycles. The minimum Gasteiger partial charge on any atom is -0.397 e. The minimum absolute atomic E-state index is 0.250. The van der Waals surface area contributed by atoms with Crippen LogP contribution in [0, 0.1) is 0 Å². The lowest BCUT2D eigenvalue weighted by Gasteiger charge is -1.52. The lowest BCUT2D eigenvalue weighted by Crippen LogP contribution is -1.57. The molecule has 0 atom stereocenters. The van der Waals surface area contributed by atoms with E-state index in [0.29, 0.717) is 0 Å². The van der Waals surface area contributed by atoms with Crippen LogP contribution in [0.3, 0.4) is 0 Å². The van der Waals surface area contributed by atoms with E-state index >= 15 is 0 Å². The Morgan fingerprint density at radius 3 is 1.60 bits per heavy atom. The summed E-state index contributed by atoms with van der Waals surface area (Å²) < 4.78 is 0. The maximum Gasteiger partial charge on any atom is 0.0402 e. The Hall–Kier alpha value is 0.440. The minimum atomic E-state index is 0.250. The van der Waals surface area contributed by atoms with Gasteiger partial charge >= 0.3 is 0 Å². The van der Waals surface area contributed by atoms with Crippen molar-refractivity contribution >= 4 is 15.9 Å². The van der Waals surface area contributed by atoms with Gasteiger partial charge in [0, 0.05) is 6.61 Å². The summed E-state index contributed by atoms with van der Waals surface area (Å²) in [6.45, 7) is 1.93. The summed E-state index contributed by atoms with van der Waals surface area (Å²) in [4.78, 5) is 0. The molecule has 0 bridgehead atoms. The van der Waals surface area contributed by atoms with E-state index in [0.717, 1.165) is 0 Å². The summed E-state index contributed by atoms with van der Waals surface area (Å²) in [5.74, 6) is 1.81. The molecule has 0 spiro atoms. The molecule has 1 N–H and O–H groups in total. The first kappa shape index (κ1) is 9.06. The lowest BCUT2D eigenvalue weighted by atomic mass is 10.9. The number of aliphatic hydroxyl groups excluding tert-OH is 1. The quantitative estimate of drug-likeness (QED) is 0.499. The van der Waals surface area contributed by atoms with Crippen molar-refractivity contribution < 1.29 is 5.11 Å². The van der Waals surface area contributed by atoms with Gasteiger partial charge in [0.15, 0.2) is 0 Å². The Balaban J connectivity index is 0. The van der Waals surface area contributed by atoms with Crippen LogP contribution in [0.15, 0.2) is 0 Å². The van der Waals surface area contributed by atoms with Gasteiger partial charge < -0.3 is 5.11 Å². The van der Waals surface area contributed by atoms with E-state index in [1.165, 1.54) is 0 Å². The summed E-state index contributed by atoms with van der Waals surface area (Å²) in [5, 5.41) is 7.57. The first-order chi connectivity index (χ1) is 2.41. The predicted octanol–water partition coefficient (Wildman–Crippen LogP) is 1.01. The zero-order chi connectivity index (χ0) is 4.71. The molecule has 0 aliphatic rings. The highest BCUT2D eigenvalue weighted by molar-refractivity contribution is 9.08. The summed E-state index contributed by atoms with van der Waals surface area (Å²) in [5.41, 5.74) is 0. The van der Waals surface area contributed by atoms with E-state index < -0.39 is 0 Å². The molecule has 34 valence electrons. The van der Waals surface area contributed by atoms with E-state index in [1.807, 2.05) is 5.83 Å². The molecule has 0 aromatic carbocycles. The van der Waals surface area contributed by atoms with Crippen molar-refractivity contribution in [2.75, 3.05) is 12.4 Å². The zero-order valence-electron chi connectivity index (χ0n) is 3.53. The number of rotatable bonds is 0. The third kappa shape index (κ3) is 137. The first-order valence-corrected chi connectivity index (χ1v) is 2.99.